The van der Waals surface area contributed by atoms with Crippen LogP contribution < -0.4 is 15.4 Å². The van der Waals surface area contributed by atoms with Crippen molar-refractivity contribution < 1.29 is 4.74 Å². The lowest BCUT2D eigenvalue weighted by molar-refractivity contribution is 0.327. The van der Waals surface area contributed by atoms with E-state index in [9.17, 15) is 0 Å². The van der Waals surface area contributed by atoms with Crippen LogP contribution in [-0.2, 0) is 6.54 Å². The van der Waals surface area contributed by atoms with E-state index in [1.165, 1.54) is 0 Å². The number of hydrogen-bond donors (Lipinski definition) is 1. The van der Waals surface area contributed by atoms with Crippen LogP contribution in [0.15, 0.2) is 42.5 Å². The van der Waals surface area contributed by atoms with Crippen LogP contribution in [0.5, 0.6) is 5.88 Å². The predicted octanol–water partition coefficient (Wildman–Crippen LogP) is 2.70. The lowest BCUT2D eigenvalue weighted by Crippen LogP contribution is -2.17. The molecule has 0 saturated carbocycles. The Morgan fingerprint density at radius 1 is 1.21 bits per heavy atom. The van der Waals surface area contributed by atoms with Gasteiger partial charge in [0.15, 0.2) is 0 Å². The van der Waals surface area contributed by atoms with Gasteiger partial charge in [-0.3, -0.25) is 0 Å². The van der Waals surface area contributed by atoms with Crippen molar-refractivity contribution in [2.24, 2.45) is 0 Å². The van der Waals surface area contributed by atoms with Crippen LogP contribution in [0.1, 0.15) is 12.5 Å². The number of rotatable bonds is 5. The number of pyridine rings is 1. The largest absolute Gasteiger partial charge is 0.478 e. The summed E-state index contributed by atoms with van der Waals surface area (Å²) in [6, 6.07) is 13.7. The topological polar surface area (TPSA) is 51.4 Å². The summed E-state index contributed by atoms with van der Waals surface area (Å²) >= 11 is 0. The molecule has 4 heteroatoms. The molecule has 0 aliphatic heterocycles. The van der Waals surface area contributed by atoms with Gasteiger partial charge in [0.1, 0.15) is 5.82 Å². The van der Waals surface area contributed by atoms with Crippen LogP contribution >= 0.6 is 0 Å². The quantitative estimate of drug-likeness (QED) is 0.837. The summed E-state index contributed by atoms with van der Waals surface area (Å²) in [5.41, 5.74) is 7.72. The molecule has 0 aliphatic carbocycles. The first-order chi connectivity index (χ1) is 9.19. The van der Waals surface area contributed by atoms with Gasteiger partial charge >= 0.3 is 0 Å². The van der Waals surface area contributed by atoms with Crippen LogP contribution in [0.4, 0.5) is 11.5 Å². The number of hydrogen-bond acceptors (Lipinski definition) is 4. The van der Waals surface area contributed by atoms with Gasteiger partial charge in [-0.25, -0.2) is 0 Å². The number of aromatic nitrogens is 1. The summed E-state index contributed by atoms with van der Waals surface area (Å²) < 4.78 is 5.41. The Morgan fingerprint density at radius 3 is 2.74 bits per heavy atom. The molecular weight excluding hydrogens is 238 g/mol. The van der Waals surface area contributed by atoms with E-state index in [1.807, 2.05) is 50.4 Å². The van der Waals surface area contributed by atoms with Crippen LogP contribution in [0.25, 0.3) is 0 Å². The average Bonchev–Trinajstić information content (AvgIpc) is 2.39. The molecule has 2 aromatic rings. The zero-order chi connectivity index (χ0) is 13.7. The van der Waals surface area contributed by atoms with E-state index >= 15 is 0 Å². The van der Waals surface area contributed by atoms with Crippen molar-refractivity contribution in [1.29, 1.82) is 0 Å². The van der Waals surface area contributed by atoms with Gasteiger partial charge in [0.25, 0.3) is 0 Å². The van der Waals surface area contributed by atoms with Crippen LogP contribution in [0.2, 0.25) is 0 Å². The van der Waals surface area contributed by atoms with Gasteiger partial charge in [-0.05, 0) is 30.7 Å². The molecule has 0 amide bonds. The normalized spacial score (nSPS) is 10.2. The fourth-order valence-corrected chi connectivity index (χ4v) is 1.89. The van der Waals surface area contributed by atoms with Crippen LogP contribution in [0.3, 0.4) is 0 Å². The smallest absolute Gasteiger partial charge is 0.215 e. The second kappa shape index (κ2) is 6.09. The van der Waals surface area contributed by atoms with E-state index in [0.717, 1.165) is 23.6 Å². The molecule has 100 valence electrons. The van der Waals surface area contributed by atoms with Gasteiger partial charge in [-0.1, -0.05) is 18.2 Å². The maximum absolute atomic E-state index is 5.78. The molecule has 0 bridgehead atoms. The molecule has 1 heterocycles. The fourth-order valence-electron chi connectivity index (χ4n) is 1.89. The molecule has 0 saturated heterocycles. The van der Waals surface area contributed by atoms with E-state index in [2.05, 4.69) is 16.0 Å². The van der Waals surface area contributed by atoms with Crippen molar-refractivity contribution in [1.82, 2.24) is 4.98 Å². The minimum Gasteiger partial charge on any atom is -0.478 e. The first-order valence-electron chi connectivity index (χ1n) is 6.34. The number of nitrogens with zero attached hydrogens (tertiary/aromatic N) is 2. The monoisotopic (exact) mass is 257 g/mol. The predicted molar refractivity (Wildman–Crippen MR) is 78.4 cm³/mol. The van der Waals surface area contributed by atoms with E-state index in [0.29, 0.717) is 12.5 Å². The molecule has 2 rings (SSSR count). The Morgan fingerprint density at radius 2 is 2.00 bits per heavy atom. The van der Waals surface area contributed by atoms with E-state index in [-0.39, 0.29) is 0 Å². The van der Waals surface area contributed by atoms with Gasteiger partial charge in [0, 0.05) is 25.3 Å². The molecule has 2 N–H and O–H groups in total. The van der Waals surface area contributed by atoms with Crippen molar-refractivity contribution in [2.45, 2.75) is 13.5 Å². The molecule has 1 aromatic heterocycles. The highest BCUT2D eigenvalue weighted by atomic mass is 16.5. The zero-order valence-corrected chi connectivity index (χ0v) is 11.3. The third-order valence-electron chi connectivity index (χ3n) is 2.76. The van der Waals surface area contributed by atoms with Crippen LogP contribution in [-0.4, -0.2) is 18.6 Å². The summed E-state index contributed by atoms with van der Waals surface area (Å²) in [5, 5.41) is 0. The summed E-state index contributed by atoms with van der Waals surface area (Å²) in [6.07, 6.45) is 0. The second-order valence-corrected chi connectivity index (χ2v) is 4.37. The summed E-state index contributed by atoms with van der Waals surface area (Å²) in [6.45, 7) is 3.33. The van der Waals surface area contributed by atoms with Gasteiger partial charge < -0.3 is 15.4 Å². The van der Waals surface area contributed by atoms with E-state index in [1.54, 1.807) is 0 Å². The van der Waals surface area contributed by atoms with Gasteiger partial charge in [0.05, 0.1) is 6.61 Å². The van der Waals surface area contributed by atoms with Crippen molar-refractivity contribution in [2.75, 3.05) is 24.3 Å². The molecule has 0 unspecified atom stereocenters. The number of anilines is 2. The minimum absolute atomic E-state index is 0.620. The maximum Gasteiger partial charge on any atom is 0.215 e. The molecule has 0 radical (unpaired) electrons. The molecule has 0 spiro atoms. The standard InChI is InChI=1S/C15H19N3O/c1-3-19-15-9-5-8-14(17-15)18(2)11-12-6-4-7-13(16)10-12/h4-10H,3,11,16H2,1-2H3. The number of benzene rings is 1. The Bertz CT molecular complexity index is 542. The van der Waals surface area contributed by atoms with Crippen LogP contribution in [0, 0.1) is 0 Å². The maximum atomic E-state index is 5.78. The fraction of sp³-hybridized carbons (Fsp3) is 0.267. The third-order valence-corrected chi connectivity index (χ3v) is 2.76. The lowest BCUT2D eigenvalue weighted by atomic mass is 10.2. The zero-order valence-electron chi connectivity index (χ0n) is 11.3. The number of nitrogens with two attached hydrogens (primary N) is 1. The highest BCUT2D eigenvalue weighted by Gasteiger charge is 2.05. The van der Waals surface area contributed by atoms with Gasteiger partial charge in [-0.15, -0.1) is 0 Å². The Hall–Kier alpha value is -2.23. The van der Waals surface area contributed by atoms with E-state index in [4.69, 9.17) is 10.5 Å². The molecule has 0 aliphatic rings. The third kappa shape index (κ3) is 3.61. The van der Waals surface area contributed by atoms with Gasteiger partial charge in [-0.2, -0.15) is 4.98 Å². The van der Waals surface area contributed by atoms with Crippen molar-refractivity contribution in [3.63, 3.8) is 0 Å². The van der Waals surface area contributed by atoms with Crippen molar-refractivity contribution in [3.8, 4) is 5.88 Å². The summed E-state index contributed by atoms with van der Waals surface area (Å²) in [5.74, 6) is 1.54. The van der Waals surface area contributed by atoms with Crippen molar-refractivity contribution >= 4 is 11.5 Å². The molecule has 0 fully saturated rings. The number of ether oxygens (including phenoxy) is 1. The molecule has 1 aromatic carbocycles. The summed E-state index contributed by atoms with van der Waals surface area (Å²) in [7, 11) is 2.00. The first-order valence-corrected chi connectivity index (χ1v) is 6.34. The Balaban J connectivity index is 2.11. The van der Waals surface area contributed by atoms with Gasteiger partial charge in [0.2, 0.25) is 5.88 Å². The Kier molecular flexibility index (Phi) is 4.23. The Labute approximate surface area is 113 Å². The lowest BCUT2D eigenvalue weighted by Gasteiger charge is -2.19. The van der Waals surface area contributed by atoms with E-state index < -0.39 is 0 Å². The number of nitrogen functional groups attached to an aromatic ring is 1. The highest BCUT2D eigenvalue weighted by Crippen LogP contribution is 2.17. The highest BCUT2D eigenvalue weighted by molar-refractivity contribution is 5.44. The first kappa shape index (κ1) is 13.2. The molecule has 0 atom stereocenters. The summed E-state index contributed by atoms with van der Waals surface area (Å²) in [4.78, 5) is 6.52. The minimum atomic E-state index is 0.620. The second-order valence-electron chi connectivity index (χ2n) is 4.37. The average molecular weight is 257 g/mol. The van der Waals surface area contributed by atoms with Crippen molar-refractivity contribution in [3.05, 3.63) is 48.0 Å². The molecule has 4 nitrogen and oxygen atoms in total. The molecular formula is C15H19N3O. The molecule has 19 heavy (non-hydrogen) atoms. The SMILES string of the molecule is CCOc1cccc(N(C)Cc2cccc(N)c2)n1.